The topological polar surface area (TPSA) is 66.1 Å². The van der Waals surface area contributed by atoms with Gasteiger partial charge >= 0.3 is 11.9 Å². The van der Waals surface area contributed by atoms with Gasteiger partial charge in [-0.25, -0.2) is 9.36 Å². The number of benzene rings is 2. The van der Waals surface area contributed by atoms with Crippen molar-refractivity contribution in [2.24, 2.45) is 13.0 Å². The highest BCUT2D eigenvalue weighted by atomic mass is 32.1. The molecular formula is C39H52F3N3O3S. The highest BCUT2D eigenvalue weighted by molar-refractivity contribution is 7.13. The SMILES string of the molecule is CCCCCCCCCCCCCCCC(Oc1ccc(C)c(-c2nsc3ccc(-n4c(=O)cc(C(F)(F)F)n(C)c4=O)cc23)c1)C(C)C. The maximum absolute atomic E-state index is 13.4. The molecule has 0 saturated heterocycles. The van der Waals surface area contributed by atoms with E-state index >= 15 is 0 Å². The summed E-state index contributed by atoms with van der Waals surface area (Å²) >= 11 is 1.28. The lowest BCUT2D eigenvalue weighted by Gasteiger charge is -2.23. The van der Waals surface area contributed by atoms with Crippen LogP contribution in [0.1, 0.15) is 122 Å². The van der Waals surface area contributed by atoms with E-state index in [1.807, 2.05) is 25.1 Å². The number of rotatable bonds is 19. The van der Waals surface area contributed by atoms with E-state index in [0.717, 1.165) is 46.0 Å². The minimum absolute atomic E-state index is 0.0739. The molecule has 2 aromatic carbocycles. The van der Waals surface area contributed by atoms with Crippen LogP contribution in [0, 0.1) is 12.8 Å². The molecule has 0 aliphatic carbocycles. The first kappa shape index (κ1) is 38.4. The van der Waals surface area contributed by atoms with E-state index in [1.165, 1.54) is 88.6 Å². The molecule has 1 unspecified atom stereocenters. The highest BCUT2D eigenvalue weighted by Gasteiger charge is 2.35. The first-order chi connectivity index (χ1) is 23.4. The summed E-state index contributed by atoms with van der Waals surface area (Å²) in [7, 11) is 1.01. The minimum atomic E-state index is -4.83. The van der Waals surface area contributed by atoms with Crippen molar-refractivity contribution in [2.75, 3.05) is 0 Å². The third-order valence-corrected chi connectivity index (χ3v) is 10.2. The lowest BCUT2D eigenvalue weighted by molar-refractivity contribution is -0.144. The highest BCUT2D eigenvalue weighted by Crippen LogP contribution is 2.36. The summed E-state index contributed by atoms with van der Waals surface area (Å²) in [6.07, 6.45) is 13.4. The number of nitrogens with zero attached hydrogens (tertiary/aromatic N) is 3. The molecule has 0 radical (unpaired) electrons. The van der Waals surface area contributed by atoms with Crippen molar-refractivity contribution in [3.63, 3.8) is 0 Å². The van der Waals surface area contributed by atoms with Crippen LogP contribution < -0.4 is 16.0 Å². The monoisotopic (exact) mass is 699 g/mol. The Bertz CT molecular complexity index is 1770. The van der Waals surface area contributed by atoms with Gasteiger partial charge in [0, 0.05) is 24.1 Å². The Morgan fingerprint density at radius 3 is 2.04 bits per heavy atom. The largest absolute Gasteiger partial charge is 0.490 e. The summed E-state index contributed by atoms with van der Waals surface area (Å²) in [5.41, 5.74) is -0.732. The lowest BCUT2D eigenvalue weighted by Crippen LogP contribution is -2.40. The zero-order valence-electron chi connectivity index (χ0n) is 29.7. The zero-order valence-corrected chi connectivity index (χ0v) is 30.5. The normalized spacial score (nSPS) is 12.7. The van der Waals surface area contributed by atoms with Crippen molar-refractivity contribution < 1.29 is 17.9 Å². The molecule has 0 N–H and O–H groups in total. The third kappa shape index (κ3) is 10.3. The van der Waals surface area contributed by atoms with Gasteiger partial charge in [-0.05, 0) is 73.1 Å². The molecule has 0 fully saturated rings. The molecule has 0 bridgehead atoms. The van der Waals surface area contributed by atoms with Gasteiger partial charge in [-0.3, -0.25) is 9.36 Å². The van der Waals surface area contributed by atoms with Crippen molar-refractivity contribution in [1.29, 1.82) is 0 Å². The number of hydrogen-bond donors (Lipinski definition) is 0. The molecule has 1 atom stereocenters. The summed E-state index contributed by atoms with van der Waals surface area (Å²) in [4.78, 5) is 25.7. The van der Waals surface area contributed by atoms with Crippen LogP contribution in [0.15, 0.2) is 52.1 Å². The summed E-state index contributed by atoms with van der Waals surface area (Å²) in [6.45, 7) is 8.62. The van der Waals surface area contributed by atoms with E-state index in [1.54, 1.807) is 18.2 Å². The van der Waals surface area contributed by atoms with E-state index in [-0.39, 0.29) is 11.8 Å². The second-order valence-corrected chi connectivity index (χ2v) is 14.5. The van der Waals surface area contributed by atoms with Crippen LogP contribution in [-0.4, -0.2) is 19.6 Å². The Morgan fingerprint density at radius 1 is 0.837 bits per heavy atom. The molecular weight excluding hydrogens is 648 g/mol. The predicted molar refractivity (Wildman–Crippen MR) is 195 cm³/mol. The van der Waals surface area contributed by atoms with Gasteiger partial charge in [-0.1, -0.05) is 104 Å². The maximum atomic E-state index is 13.4. The smallest absolute Gasteiger partial charge is 0.431 e. The van der Waals surface area contributed by atoms with Crippen LogP contribution in [0.2, 0.25) is 0 Å². The van der Waals surface area contributed by atoms with E-state index in [4.69, 9.17) is 9.11 Å². The van der Waals surface area contributed by atoms with Gasteiger partial charge in [-0.15, -0.1) is 0 Å². The number of halogens is 3. The quantitative estimate of drug-likeness (QED) is 0.0914. The average Bonchev–Trinajstić information content (AvgIpc) is 3.47. The van der Waals surface area contributed by atoms with Gasteiger partial charge in [0.15, 0.2) is 0 Å². The van der Waals surface area contributed by atoms with Gasteiger partial charge in [-0.2, -0.15) is 17.5 Å². The summed E-state index contributed by atoms with van der Waals surface area (Å²) in [5, 5.41) is 0.698. The summed E-state index contributed by atoms with van der Waals surface area (Å²) in [5.74, 6) is 1.09. The van der Waals surface area contributed by atoms with E-state index < -0.39 is 23.1 Å². The van der Waals surface area contributed by atoms with Gasteiger partial charge in [0.1, 0.15) is 17.5 Å². The Hall–Kier alpha value is -3.40. The average molecular weight is 700 g/mol. The van der Waals surface area contributed by atoms with Gasteiger partial charge in [0.2, 0.25) is 0 Å². The van der Waals surface area contributed by atoms with Gasteiger partial charge in [0.25, 0.3) is 5.56 Å². The molecule has 6 nitrogen and oxygen atoms in total. The van der Waals surface area contributed by atoms with Crippen molar-refractivity contribution in [1.82, 2.24) is 13.5 Å². The van der Waals surface area contributed by atoms with E-state index in [2.05, 4.69) is 20.8 Å². The van der Waals surface area contributed by atoms with Crippen molar-refractivity contribution in [3.8, 4) is 22.7 Å². The van der Waals surface area contributed by atoms with Crippen LogP contribution in [0.5, 0.6) is 5.75 Å². The Labute approximate surface area is 292 Å². The van der Waals surface area contributed by atoms with Gasteiger partial charge in [0.05, 0.1) is 16.1 Å². The first-order valence-electron chi connectivity index (χ1n) is 18.0. The standard InChI is InChI=1S/C39H52F3N3O3S/c1-6-7-8-9-10-11-12-13-14-15-16-17-18-19-33(27(2)3)48-30-22-20-28(4)31(25-30)37-32-24-29(21-23-34(32)49-43-37)45-36(46)26-35(39(40,41)42)44(5)38(45)47/h20-27,33H,6-19H2,1-5H3. The third-order valence-electron chi connectivity index (χ3n) is 9.41. The molecule has 2 aromatic heterocycles. The van der Waals surface area contributed by atoms with Crippen LogP contribution in [0.3, 0.4) is 0 Å². The summed E-state index contributed by atoms with van der Waals surface area (Å²) in [6, 6.07) is 11.3. The number of ether oxygens (including phenoxy) is 1. The molecule has 0 aliphatic heterocycles. The Kier molecular flexibility index (Phi) is 14.1. The molecule has 0 aliphatic rings. The number of unbranched alkanes of at least 4 members (excludes halogenated alkanes) is 12. The number of alkyl halides is 3. The van der Waals surface area contributed by atoms with Crippen molar-refractivity contribution >= 4 is 21.6 Å². The van der Waals surface area contributed by atoms with E-state index in [0.29, 0.717) is 27.6 Å². The fraction of sp³-hybridized carbons (Fsp3) is 0.564. The molecule has 4 aromatic rings. The maximum Gasteiger partial charge on any atom is 0.431 e. The fourth-order valence-electron chi connectivity index (χ4n) is 6.39. The van der Waals surface area contributed by atoms with Crippen LogP contribution in [0.25, 0.3) is 27.0 Å². The number of hydrogen-bond acceptors (Lipinski definition) is 5. The zero-order chi connectivity index (χ0) is 35.6. The van der Waals surface area contributed by atoms with Crippen LogP contribution in [0.4, 0.5) is 13.2 Å². The molecule has 2 heterocycles. The fourth-order valence-corrected chi connectivity index (χ4v) is 7.16. The number of aromatic nitrogens is 3. The second kappa shape index (κ2) is 18.0. The minimum Gasteiger partial charge on any atom is -0.490 e. The molecule has 4 rings (SSSR count). The Morgan fingerprint density at radius 2 is 1.45 bits per heavy atom. The summed E-state index contributed by atoms with van der Waals surface area (Å²) < 4.78 is 53.5. The van der Waals surface area contributed by atoms with Gasteiger partial charge < -0.3 is 4.74 Å². The predicted octanol–water partition coefficient (Wildman–Crippen LogP) is 11.0. The van der Waals surface area contributed by atoms with Crippen molar-refractivity contribution in [3.05, 3.63) is 74.6 Å². The first-order valence-corrected chi connectivity index (χ1v) is 18.8. The van der Waals surface area contributed by atoms with E-state index in [9.17, 15) is 22.8 Å². The lowest BCUT2D eigenvalue weighted by atomic mass is 9.98. The molecule has 49 heavy (non-hydrogen) atoms. The van der Waals surface area contributed by atoms with Crippen LogP contribution >= 0.6 is 11.5 Å². The molecule has 268 valence electrons. The Balaban J connectivity index is 1.41. The number of fused-ring (bicyclic) bond motifs is 1. The molecule has 10 heteroatoms. The van der Waals surface area contributed by atoms with Crippen molar-refractivity contribution in [2.45, 2.75) is 130 Å². The number of aryl methyl sites for hydroxylation is 1. The molecule has 0 amide bonds. The van der Waals surface area contributed by atoms with Crippen LogP contribution in [-0.2, 0) is 13.2 Å². The molecule has 0 saturated carbocycles. The molecule has 0 spiro atoms. The second-order valence-electron chi connectivity index (χ2n) is 13.7.